The SMILES string of the molecule is Cc1c(C(=O)O)sc2c(N=NCc3cccs3)ncnc12. The summed E-state index contributed by atoms with van der Waals surface area (Å²) in [5.41, 5.74) is 1.26. The number of fused-ring (bicyclic) bond motifs is 1. The zero-order valence-corrected chi connectivity index (χ0v) is 12.6. The summed E-state index contributed by atoms with van der Waals surface area (Å²) < 4.78 is 0.655. The van der Waals surface area contributed by atoms with Gasteiger partial charge in [0.1, 0.15) is 15.9 Å². The first-order valence-electron chi connectivity index (χ1n) is 6.04. The van der Waals surface area contributed by atoms with Gasteiger partial charge in [-0.3, -0.25) is 0 Å². The van der Waals surface area contributed by atoms with Crippen molar-refractivity contribution >= 4 is 44.7 Å². The number of hydrogen-bond donors (Lipinski definition) is 1. The lowest BCUT2D eigenvalue weighted by atomic mass is 10.2. The van der Waals surface area contributed by atoms with E-state index in [-0.39, 0.29) is 4.88 Å². The van der Waals surface area contributed by atoms with Gasteiger partial charge in [0.25, 0.3) is 0 Å². The predicted molar refractivity (Wildman–Crippen MR) is 81.7 cm³/mol. The molecule has 106 valence electrons. The van der Waals surface area contributed by atoms with E-state index in [1.807, 2.05) is 17.5 Å². The van der Waals surface area contributed by atoms with E-state index in [4.69, 9.17) is 5.11 Å². The monoisotopic (exact) mass is 318 g/mol. The van der Waals surface area contributed by atoms with Crippen molar-refractivity contribution in [3.05, 3.63) is 39.2 Å². The Morgan fingerprint density at radius 1 is 1.43 bits per heavy atom. The minimum Gasteiger partial charge on any atom is -0.477 e. The van der Waals surface area contributed by atoms with Crippen LogP contribution in [0.5, 0.6) is 0 Å². The number of aromatic carboxylic acids is 1. The van der Waals surface area contributed by atoms with Gasteiger partial charge in [-0.15, -0.1) is 27.8 Å². The molecule has 0 bridgehead atoms. The summed E-state index contributed by atoms with van der Waals surface area (Å²) in [6, 6.07) is 3.94. The van der Waals surface area contributed by atoms with E-state index in [1.54, 1.807) is 18.3 Å². The van der Waals surface area contributed by atoms with Crippen LogP contribution in [0.15, 0.2) is 34.1 Å². The maximum Gasteiger partial charge on any atom is 0.346 e. The molecule has 0 aliphatic carbocycles. The highest BCUT2D eigenvalue weighted by Gasteiger charge is 2.18. The highest BCUT2D eigenvalue weighted by atomic mass is 32.1. The molecule has 0 radical (unpaired) electrons. The number of aromatic nitrogens is 2. The van der Waals surface area contributed by atoms with Crippen molar-refractivity contribution in [2.75, 3.05) is 0 Å². The third kappa shape index (κ3) is 2.67. The van der Waals surface area contributed by atoms with Gasteiger partial charge in [-0.2, -0.15) is 5.11 Å². The summed E-state index contributed by atoms with van der Waals surface area (Å²) in [5, 5.41) is 19.4. The zero-order chi connectivity index (χ0) is 14.8. The van der Waals surface area contributed by atoms with E-state index in [0.29, 0.717) is 28.1 Å². The van der Waals surface area contributed by atoms with Crippen LogP contribution in [0.3, 0.4) is 0 Å². The summed E-state index contributed by atoms with van der Waals surface area (Å²) in [7, 11) is 0. The van der Waals surface area contributed by atoms with Crippen LogP contribution < -0.4 is 0 Å². The average molecular weight is 318 g/mol. The average Bonchev–Trinajstić information content (AvgIpc) is 3.08. The summed E-state index contributed by atoms with van der Waals surface area (Å²) >= 11 is 2.74. The first-order valence-corrected chi connectivity index (χ1v) is 7.73. The van der Waals surface area contributed by atoms with Crippen molar-refractivity contribution in [2.24, 2.45) is 10.2 Å². The molecule has 0 saturated heterocycles. The third-order valence-corrected chi connectivity index (χ3v) is 4.98. The van der Waals surface area contributed by atoms with Crippen molar-refractivity contribution in [1.29, 1.82) is 0 Å². The van der Waals surface area contributed by atoms with Crippen LogP contribution >= 0.6 is 22.7 Å². The molecule has 0 aliphatic rings. The third-order valence-electron chi connectivity index (χ3n) is 2.85. The van der Waals surface area contributed by atoms with E-state index in [0.717, 1.165) is 16.2 Å². The van der Waals surface area contributed by atoms with Crippen LogP contribution in [-0.2, 0) is 6.54 Å². The molecule has 0 aliphatic heterocycles. The fourth-order valence-electron chi connectivity index (χ4n) is 1.86. The highest BCUT2D eigenvalue weighted by molar-refractivity contribution is 7.21. The fourth-order valence-corrected chi connectivity index (χ4v) is 3.51. The summed E-state index contributed by atoms with van der Waals surface area (Å²) in [6.45, 7) is 2.22. The molecule has 8 heteroatoms. The lowest BCUT2D eigenvalue weighted by Gasteiger charge is -1.94. The van der Waals surface area contributed by atoms with Gasteiger partial charge in [-0.25, -0.2) is 14.8 Å². The van der Waals surface area contributed by atoms with Crippen molar-refractivity contribution < 1.29 is 9.90 Å². The lowest BCUT2D eigenvalue weighted by molar-refractivity contribution is 0.0701. The number of carboxylic acids is 1. The highest BCUT2D eigenvalue weighted by Crippen LogP contribution is 2.34. The maximum atomic E-state index is 11.2. The van der Waals surface area contributed by atoms with Crippen LogP contribution in [0.4, 0.5) is 5.82 Å². The molecule has 0 atom stereocenters. The molecule has 0 unspecified atom stereocenters. The normalized spacial score (nSPS) is 11.5. The Morgan fingerprint density at radius 3 is 3.00 bits per heavy atom. The minimum atomic E-state index is -0.961. The fraction of sp³-hybridized carbons (Fsp3) is 0.154. The zero-order valence-electron chi connectivity index (χ0n) is 11.0. The predicted octanol–water partition coefficient (Wildman–Crippen LogP) is 4.04. The summed E-state index contributed by atoms with van der Waals surface area (Å²) in [6.07, 6.45) is 1.38. The van der Waals surface area contributed by atoms with Gasteiger partial charge >= 0.3 is 5.97 Å². The van der Waals surface area contributed by atoms with Crippen LogP contribution in [-0.4, -0.2) is 21.0 Å². The van der Waals surface area contributed by atoms with Crippen molar-refractivity contribution in [3.63, 3.8) is 0 Å². The van der Waals surface area contributed by atoms with E-state index >= 15 is 0 Å². The van der Waals surface area contributed by atoms with Crippen LogP contribution in [0, 0.1) is 6.92 Å². The standard InChI is InChI=1S/C13H10N4O2S2/c1-7-9-11(21-10(7)13(18)19)12(15-6-14-9)17-16-5-8-3-2-4-20-8/h2-4,6H,5H2,1H3,(H,18,19). The largest absolute Gasteiger partial charge is 0.477 e. The molecule has 0 aromatic carbocycles. The molecule has 3 rings (SSSR count). The molecule has 0 spiro atoms. The lowest BCUT2D eigenvalue weighted by Crippen LogP contribution is -1.93. The van der Waals surface area contributed by atoms with E-state index < -0.39 is 5.97 Å². The van der Waals surface area contributed by atoms with E-state index in [9.17, 15) is 4.79 Å². The quantitative estimate of drug-likeness (QED) is 0.735. The molecule has 0 fully saturated rings. The second kappa shape index (κ2) is 5.66. The Kier molecular flexibility index (Phi) is 3.72. The number of hydrogen-bond acceptors (Lipinski definition) is 7. The molecule has 0 amide bonds. The van der Waals surface area contributed by atoms with Crippen molar-refractivity contribution in [3.8, 4) is 0 Å². The molecule has 6 nitrogen and oxygen atoms in total. The van der Waals surface area contributed by atoms with Crippen molar-refractivity contribution in [1.82, 2.24) is 9.97 Å². The minimum absolute atomic E-state index is 0.264. The van der Waals surface area contributed by atoms with Gasteiger partial charge in [0.05, 0.1) is 12.1 Å². The van der Waals surface area contributed by atoms with Gasteiger partial charge in [-0.05, 0) is 18.4 Å². The number of carbonyl (C=O) groups is 1. The van der Waals surface area contributed by atoms with Crippen LogP contribution in [0.1, 0.15) is 20.1 Å². The Morgan fingerprint density at radius 2 is 2.29 bits per heavy atom. The first kappa shape index (κ1) is 13.8. The molecule has 1 N–H and O–H groups in total. The second-order valence-electron chi connectivity index (χ2n) is 4.22. The Balaban J connectivity index is 1.97. The van der Waals surface area contributed by atoms with E-state index in [1.165, 1.54) is 6.33 Å². The van der Waals surface area contributed by atoms with Gasteiger partial charge in [0.15, 0.2) is 5.82 Å². The van der Waals surface area contributed by atoms with Gasteiger partial charge in [0, 0.05) is 10.4 Å². The number of nitrogens with zero attached hydrogens (tertiary/aromatic N) is 4. The van der Waals surface area contributed by atoms with E-state index in [2.05, 4.69) is 20.2 Å². The Bertz CT molecular complexity index is 824. The molecule has 3 aromatic rings. The second-order valence-corrected chi connectivity index (χ2v) is 6.27. The van der Waals surface area contributed by atoms with Gasteiger partial charge < -0.3 is 5.11 Å². The maximum absolute atomic E-state index is 11.2. The molecule has 3 heterocycles. The summed E-state index contributed by atoms with van der Waals surface area (Å²) in [5.74, 6) is -0.547. The molecule has 0 saturated carbocycles. The molecule has 21 heavy (non-hydrogen) atoms. The van der Waals surface area contributed by atoms with Crippen LogP contribution in [0.2, 0.25) is 0 Å². The number of rotatable bonds is 4. The van der Waals surface area contributed by atoms with Crippen molar-refractivity contribution in [2.45, 2.75) is 13.5 Å². The van der Waals surface area contributed by atoms with Crippen LogP contribution in [0.25, 0.3) is 10.2 Å². The first-order chi connectivity index (χ1) is 10.2. The Labute approximate surface area is 127 Å². The summed E-state index contributed by atoms with van der Waals surface area (Å²) in [4.78, 5) is 20.8. The number of carboxylic acid groups (broad SMARTS) is 1. The smallest absolute Gasteiger partial charge is 0.346 e. The Hall–Kier alpha value is -2.19. The molecular formula is C13H10N4O2S2. The van der Waals surface area contributed by atoms with Gasteiger partial charge in [-0.1, -0.05) is 6.07 Å². The molecular weight excluding hydrogens is 308 g/mol. The topological polar surface area (TPSA) is 87.8 Å². The number of aryl methyl sites for hydroxylation is 1. The van der Waals surface area contributed by atoms with Gasteiger partial charge in [0.2, 0.25) is 0 Å². The number of azo groups is 1. The number of thiophene rings is 2. The molecule has 3 aromatic heterocycles.